The number of hydrogen-bond donors (Lipinski definition) is 0. The Hall–Kier alpha value is -0.900. The van der Waals surface area contributed by atoms with E-state index in [4.69, 9.17) is 4.52 Å². The van der Waals surface area contributed by atoms with E-state index < -0.39 is 0 Å². The molecule has 0 spiro atoms. The van der Waals surface area contributed by atoms with Gasteiger partial charge in [-0.25, -0.2) is 0 Å². The fourth-order valence-corrected chi connectivity index (χ4v) is 0.849. The van der Waals surface area contributed by atoms with Crippen LogP contribution in [0.4, 0.5) is 0 Å². The molecule has 0 amide bonds. The highest BCUT2D eigenvalue weighted by atomic mass is 16.5. The Kier molecular flexibility index (Phi) is 2.81. The SMILES string of the molecule is CC(C)c1nc(CN(C)C)no1. The largest absolute Gasteiger partial charge is 0.339 e. The molecule has 0 radical (unpaired) electrons. The molecule has 1 aromatic rings. The van der Waals surface area contributed by atoms with Crippen LogP contribution in [0.1, 0.15) is 31.5 Å². The smallest absolute Gasteiger partial charge is 0.229 e. The summed E-state index contributed by atoms with van der Waals surface area (Å²) in [5, 5.41) is 3.85. The molecular weight excluding hydrogens is 154 g/mol. The zero-order valence-corrected chi connectivity index (χ0v) is 8.03. The first-order valence-corrected chi connectivity index (χ1v) is 4.07. The highest BCUT2D eigenvalue weighted by Crippen LogP contribution is 2.10. The molecule has 0 aliphatic heterocycles. The second-order valence-corrected chi connectivity index (χ2v) is 3.44. The van der Waals surface area contributed by atoms with Gasteiger partial charge in [0.05, 0.1) is 6.54 Å². The zero-order chi connectivity index (χ0) is 9.14. The van der Waals surface area contributed by atoms with Crippen LogP contribution in [0.25, 0.3) is 0 Å². The van der Waals surface area contributed by atoms with Gasteiger partial charge in [-0.3, -0.25) is 0 Å². The van der Waals surface area contributed by atoms with Gasteiger partial charge in [0, 0.05) is 5.92 Å². The number of nitrogens with zero attached hydrogens (tertiary/aromatic N) is 3. The molecule has 4 nitrogen and oxygen atoms in total. The minimum Gasteiger partial charge on any atom is -0.339 e. The maximum Gasteiger partial charge on any atom is 0.229 e. The normalized spacial score (nSPS) is 11.5. The molecule has 0 aliphatic rings. The molecule has 0 N–H and O–H groups in total. The Balaban J connectivity index is 2.64. The summed E-state index contributed by atoms with van der Waals surface area (Å²) < 4.78 is 5.04. The standard InChI is InChI=1S/C8H15N3O/c1-6(2)8-9-7(10-12-8)5-11(3)4/h6H,5H2,1-4H3. The summed E-state index contributed by atoms with van der Waals surface area (Å²) in [6.07, 6.45) is 0. The average Bonchev–Trinajstić information content (AvgIpc) is 2.34. The summed E-state index contributed by atoms with van der Waals surface area (Å²) in [5.74, 6) is 1.78. The van der Waals surface area contributed by atoms with Crippen molar-refractivity contribution in [2.45, 2.75) is 26.3 Å². The molecule has 0 aromatic carbocycles. The number of rotatable bonds is 3. The molecule has 12 heavy (non-hydrogen) atoms. The predicted molar refractivity (Wildman–Crippen MR) is 45.8 cm³/mol. The van der Waals surface area contributed by atoms with E-state index in [1.165, 1.54) is 0 Å². The lowest BCUT2D eigenvalue weighted by Crippen LogP contribution is -2.11. The summed E-state index contributed by atoms with van der Waals surface area (Å²) >= 11 is 0. The van der Waals surface area contributed by atoms with Gasteiger partial charge in [-0.1, -0.05) is 19.0 Å². The summed E-state index contributed by atoms with van der Waals surface area (Å²) in [6, 6.07) is 0. The monoisotopic (exact) mass is 169 g/mol. The summed E-state index contributed by atoms with van der Waals surface area (Å²) in [5.41, 5.74) is 0. The van der Waals surface area contributed by atoms with Gasteiger partial charge in [0.2, 0.25) is 5.89 Å². The quantitative estimate of drug-likeness (QED) is 0.683. The van der Waals surface area contributed by atoms with Crippen molar-refractivity contribution in [2.75, 3.05) is 14.1 Å². The van der Waals surface area contributed by atoms with E-state index in [1.807, 2.05) is 32.8 Å². The first-order chi connectivity index (χ1) is 5.59. The maximum atomic E-state index is 5.04. The third-order valence-electron chi connectivity index (χ3n) is 1.44. The van der Waals surface area contributed by atoms with Crippen LogP contribution < -0.4 is 0 Å². The van der Waals surface area contributed by atoms with Gasteiger partial charge in [0.25, 0.3) is 0 Å². The van der Waals surface area contributed by atoms with E-state index in [-0.39, 0.29) is 0 Å². The minimum absolute atomic E-state index is 0.313. The molecule has 0 saturated carbocycles. The molecule has 0 fully saturated rings. The Labute approximate surface area is 72.6 Å². The Morgan fingerprint density at radius 3 is 2.50 bits per heavy atom. The predicted octanol–water partition coefficient (Wildman–Crippen LogP) is 1.25. The highest BCUT2D eigenvalue weighted by molar-refractivity contribution is 4.90. The Morgan fingerprint density at radius 1 is 1.42 bits per heavy atom. The van der Waals surface area contributed by atoms with Crippen molar-refractivity contribution < 1.29 is 4.52 Å². The molecule has 0 unspecified atom stereocenters. The van der Waals surface area contributed by atoms with Gasteiger partial charge in [-0.15, -0.1) is 0 Å². The van der Waals surface area contributed by atoms with Gasteiger partial charge in [-0.05, 0) is 14.1 Å². The lowest BCUT2D eigenvalue weighted by atomic mass is 10.2. The Bertz CT molecular complexity index is 242. The van der Waals surface area contributed by atoms with Crippen molar-refractivity contribution in [2.24, 2.45) is 0 Å². The fraction of sp³-hybridized carbons (Fsp3) is 0.750. The zero-order valence-electron chi connectivity index (χ0n) is 8.03. The summed E-state index contributed by atoms with van der Waals surface area (Å²) in [7, 11) is 3.96. The third-order valence-corrected chi connectivity index (χ3v) is 1.44. The maximum absolute atomic E-state index is 5.04. The van der Waals surface area contributed by atoms with Crippen LogP contribution in [0, 0.1) is 0 Å². The molecule has 68 valence electrons. The van der Waals surface area contributed by atoms with E-state index in [9.17, 15) is 0 Å². The fourth-order valence-electron chi connectivity index (χ4n) is 0.849. The van der Waals surface area contributed by atoms with Crippen LogP contribution in [0.3, 0.4) is 0 Å². The van der Waals surface area contributed by atoms with E-state index >= 15 is 0 Å². The van der Waals surface area contributed by atoms with Crippen LogP contribution >= 0.6 is 0 Å². The molecule has 0 bridgehead atoms. The van der Waals surface area contributed by atoms with Crippen LogP contribution in [0.2, 0.25) is 0 Å². The van der Waals surface area contributed by atoms with E-state index in [1.54, 1.807) is 0 Å². The van der Waals surface area contributed by atoms with Crippen molar-refractivity contribution in [3.05, 3.63) is 11.7 Å². The van der Waals surface area contributed by atoms with E-state index in [0.29, 0.717) is 11.8 Å². The van der Waals surface area contributed by atoms with Gasteiger partial charge in [0.1, 0.15) is 0 Å². The lowest BCUT2D eigenvalue weighted by Gasteiger charge is -2.03. The van der Waals surface area contributed by atoms with E-state index in [0.717, 1.165) is 12.4 Å². The van der Waals surface area contributed by atoms with Crippen LogP contribution in [0.5, 0.6) is 0 Å². The first-order valence-electron chi connectivity index (χ1n) is 4.07. The van der Waals surface area contributed by atoms with Crippen molar-refractivity contribution in [3.8, 4) is 0 Å². The van der Waals surface area contributed by atoms with Gasteiger partial charge in [-0.2, -0.15) is 4.98 Å². The summed E-state index contributed by atoms with van der Waals surface area (Å²) in [4.78, 5) is 6.24. The van der Waals surface area contributed by atoms with Crippen LogP contribution in [-0.4, -0.2) is 29.1 Å². The number of aromatic nitrogens is 2. The molecule has 0 aliphatic carbocycles. The topological polar surface area (TPSA) is 42.2 Å². The molecule has 4 heteroatoms. The van der Waals surface area contributed by atoms with Gasteiger partial charge < -0.3 is 9.42 Å². The van der Waals surface area contributed by atoms with Crippen LogP contribution in [0.15, 0.2) is 4.52 Å². The molecule has 1 heterocycles. The molecule has 0 saturated heterocycles. The Morgan fingerprint density at radius 2 is 2.08 bits per heavy atom. The van der Waals surface area contributed by atoms with Gasteiger partial charge >= 0.3 is 0 Å². The van der Waals surface area contributed by atoms with Gasteiger partial charge in [0.15, 0.2) is 5.82 Å². The van der Waals surface area contributed by atoms with E-state index in [2.05, 4.69) is 10.1 Å². The molecular formula is C8H15N3O. The molecule has 1 rings (SSSR count). The number of hydrogen-bond acceptors (Lipinski definition) is 4. The lowest BCUT2D eigenvalue weighted by molar-refractivity contribution is 0.342. The molecule has 0 atom stereocenters. The molecule has 1 aromatic heterocycles. The third kappa shape index (κ3) is 2.30. The van der Waals surface area contributed by atoms with Crippen molar-refractivity contribution >= 4 is 0 Å². The van der Waals surface area contributed by atoms with Crippen molar-refractivity contribution in [1.29, 1.82) is 0 Å². The second-order valence-electron chi connectivity index (χ2n) is 3.44. The average molecular weight is 169 g/mol. The summed E-state index contributed by atoms with van der Waals surface area (Å²) in [6.45, 7) is 4.80. The first kappa shape index (κ1) is 9.19. The second kappa shape index (κ2) is 3.67. The van der Waals surface area contributed by atoms with Crippen molar-refractivity contribution in [3.63, 3.8) is 0 Å². The van der Waals surface area contributed by atoms with Crippen molar-refractivity contribution in [1.82, 2.24) is 15.0 Å². The minimum atomic E-state index is 0.313. The highest BCUT2D eigenvalue weighted by Gasteiger charge is 2.09. The van der Waals surface area contributed by atoms with Crippen LogP contribution in [-0.2, 0) is 6.54 Å².